The van der Waals surface area contributed by atoms with Crippen LogP contribution in [0.25, 0.3) is 0 Å². The minimum absolute atomic E-state index is 0.176. The Morgan fingerprint density at radius 2 is 1.94 bits per heavy atom. The molecule has 1 rings (SSSR count). The SMILES string of the molecule is C[C@@](Cl)(C(=O)c1cccc(Cl)c1)S(C)(=O)=O. The number of carbonyl (C=O) groups is 1. The Morgan fingerprint density at radius 1 is 1.38 bits per heavy atom. The minimum Gasteiger partial charge on any atom is -0.291 e. The maximum atomic E-state index is 11.9. The van der Waals surface area contributed by atoms with Crippen LogP contribution in [0, 0.1) is 0 Å². The topological polar surface area (TPSA) is 51.2 Å². The Hall–Kier alpha value is -0.580. The van der Waals surface area contributed by atoms with Crippen LogP contribution in [0.3, 0.4) is 0 Å². The third-order valence-electron chi connectivity index (χ3n) is 2.19. The van der Waals surface area contributed by atoms with Gasteiger partial charge < -0.3 is 0 Å². The Morgan fingerprint density at radius 3 is 2.38 bits per heavy atom. The molecule has 3 nitrogen and oxygen atoms in total. The zero-order valence-corrected chi connectivity index (χ0v) is 11.0. The Labute approximate surface area is 104 Å². The van der Waals surface area contributed by atoms with Crippen molar-refractivity contribution in [3.63, 3.8) is 0 Å². The first-order valence-electron chi connectivity index (χ1n) is 4.35. The van der Waals surface area contributed by atoms with E-state index in [0.717, 1.165) is 13.2 Å². The molecule has 0 saturated carbocycles. The number of rotatable bonds is 3. The van der Waals surface area contributed by atoms with Gasteiger partial charge in [-0.1, -0.05) is 35.3 Å². The molecule has 0 heterocycles. The molecule has 6 heteroatoms. The van der Waals surface area contributed by atoms with E-state index >= 15 is 0 Å². The molecule has 0 radical (unpaired) electrons. The number of hydrogen-bond acceptors (Lipinski definition) is 3. The molecule has 0 spiro atoms. The Bertz CT molecular complexity index is 521. The highest BCUT2D eigenvalue weighted by atomic mass is 35.5. The Kier molecular flexibility index (Phi) is 3.67. The minimum atomic E-state index is -3.69. The summed E-state index contributed by atoms with van der Waals surface area (Å²) in [7, 11) is -3.69. The van der Waals surface area contributed by atoms with Crippen LogP contribution in [-0.4, -0.2) is 24.7 Å². The summed E-state index contributed by atoms with van der Waals surface area (Å²) in [5.74, 6) is -0.681. The Balaban J connectivity index is 3.23. The lowest BCUT2D eigenvalue weighted by atomic mass is 10.1. The van der Waals surface area contributed by atoms with Gasteiger partial charge in [0, 0.05) is 16.8 Å². The molecule has 0 saturated heterocycles. The van der Waals surface area contributed by atoms with Gasteiger partial charge in [-0.3, -0.25) is 4.79 Å². The largest absolute Gasteiger partial charge is 0.291 e. The molecule has 0 N–H and O–H groups in total. The third-order valence-corrected chi connectivity index (χ3v) is 5.01. The van der Waals surface area contributed by atoms with E-state index in [4.69, 9.17) is 23.2 Å². The van der Waals surface area contributed by atoms with Gasteiger partial charge >= 0.3 is 0 Å². The van der Waals surface area contributed by atoms with Gasteiger partial charge in [0.15, 0.2) is 15.6 Å². The van der Waals surface area contributed by atoms with E-state index in [1.165, 1.54) is 12.1 Å². The van der Waals surface area contributed by atoms with Crippen molar-refractivity contribution >= 4 is 38.8 Å². The van der Waals surface area contributed by atoms with Gasteiger partial charge in [0.05, 0.1) is 0 Å². The normalized spacial score (nSPS) is 15.5. The first-order chi connectivity index (χ1) is 7.16. The molecule has 0 unspecified atom stereocenters. The summed E-state index contributed by atoms with van der Waals surface area (Å²) in [6.45, 7) is 1.16. The number of halogens is 2. The zero-order chi connectivity index (χ0) is 12.6. The molecule has 88 valence electrons. The zero-order valence-electron chi connectivity index (χ0n) is 8.70. The molecule has 1 atom stereocenters. The predicted octanol–water partition coefficient (Wildman–Crippen LogP) is 2.52. The molecule has 0 aliphatic carbocycles. The lowest BCUT2D eigenvalue weighted by Crippen LogP contribution is -2.37. The number of hydrogen-bond donors (Lipinski definition) is 0. The van der Waals surface area contributed by atoms with Crippen LogP contribution in [0.2, 0.25) is 5.02 Å². The summed E-state index contributed by atoms with van der Waals surface area (Å²) in [5.41, 5.74) is 0.176. The van der Waals surface area contributed by atoms with Crippen molar-refractivity contribution in [3.05, 3.63) is 34.9 Å². The molecule has 0 amide bonds. The van der Waals surface area contributed by atoms with E-state index in [2.05, 4.69) is 0 Å². The van der Waals surface area contributed by atoms with Crippen LogP contribution in [0.15, 0.2) is 24.3 Å². The highest BCUT2D eigenvalue weighted by Crippen LogP contribution is 2.27. The number of Topliss-reactive ketones (excluding diaryl/α,β-unsaturated/α-hetero) is 1. The molecule has 0 fully saturated rings. The van der Waals surface area contributed by atoms with E-state index in [-0.39, 0.29) is 5.56 Å². The van der Waals surface area contributed by atoms with Gasteiger partial charge in [-0.25, -0.2) is 8.42 Å². The summed E-state index contributed by atoms with van der Waals surface area (Å²) in [6, 6.07) is 6.00. The van der Waals surface area contributed by atoms with Crippen molar-refractivity contribution in [3.8, 4) is 0 Å². The average molecular weight is 281 g/mol. The van der Waals surface area contributed by atoms with Crippen molar-refractivity contribution in [2.75, 3.05) is 6.26 Å². The molecule has 1 aromatic carbocycles. The second-order valence-corrected chi connectivity index (χ2v) is 7.31. The number of benzene rings is 1. The predicted molar refractivity (Wildman–Crippen MR) is 64.9 cm³/mol. The summed E-state index contributed by atoms with van der Waals surface area (Å²) in [5, 5.41) is 0.354. The standard InChI is InChI=1S/C10H10Cl2O3S/c1-10(12,16(2,14)15)9(13)7-4-3-5-8(11)6-7/h3-6H,1-2H3/t10-/m0/s1. The fraction of sp³-hybridized carbons (Fsp3) is 0.300. The maximum Gasteiger partial charge on any atom is 0.204 e. The first kappa shape index (κ1) is 13.5. The molecule has 0 aromatic heterocycles. The van der Waals surface area contributed by atoms with Crippen molar-refractivity contribution in [1.82, 2.24) is 0 Å². The number of sulfone groups is 1. The second kappa shape index (κ2) is 4.35. The van der Waals surface area contributed by atoms with Crippen molar-refractivity contribution in [2.24, 2.45) is 0 Å². The summed E-state index contributed by atoms with van der Waals surface area (Å²) < 4.78 is 20.8. The van der Waals surface area contributed by atoms with E-state index in [1.807, 2.05) is 0 Å². The van der Waals surface area contributed by atoms with E-state index in [0.29, 0.717) is 5.02 Å². The highest BCUT2D eigenvalue weighted by molar-refractivity contribution is 7.94. The van der Waals surface area contributed by atoms with Crippen LogP contribution in [0.1, 0.15) is 17.3 Å². The molecular formula is C10H10Cl2O3S. The van der Waals surface area contributed by atoms with Crippen LogP contribution in [0.4, 0.5) is 0 Å². The van der Waals surface area contributed by atoms with Gasteiger partial charge in [0.25, 0.3) is 0 Å². The molecule has 0 bridgehead atoms. The summed E-state index contributed by atoms with van der Waals surface area (Å²) in [4.78, 5) is 11.9. The monoisotopic (exact) mass is 280 g/mol. The van der Waals surface area contributed by atoms with Gasteiger partial charge in [-0.15, -0.1) is 0 Å². The van der Waals surface area contributed by atoms with Crippen LogP contribution < -0.4 is 0 Å². The molecule has 0 aliphatic rings. The van der Waals surface area contributed by atoms with Crippen molar-refractivity contribution in [2.45, 2.75) is 11.1 Å². The quantitative estimate of drug-likeness (QED) is 0.632. The van der Waals surface area contributed by atoms with E-state index < -0.39 is 19.8 Å². The van der Waals surface area contributed by atoms with Crippen LogP contribution in [0.5, 0.6) is 0 Å². The van der Waals surface area contributed by atoms with Gasteiger partial charge in [0.2, 0.25) is 4.21 Å². The van der Waals surface area contributed by atoms with E-state index in [9.17, 15) is 13.2 Å². The van der Waals surface area contributed by atoms with Gasteiger partial charge in [-0.2, -0.15) is 0 Å². The first-order valence-corrected chi connectivity index (χ1v) is 7.00. The lowest BCUT2D eigenvalue weighted by molar-refractivity contribution is 0.0978. The number of carbonyl (C=O) groups excluding carboxylic acids is 1. The number of ketones is 1. The fourth-order valence-corrected chi connectivity index (χ4v) is 1.81. The molecular weight excluding hydrogens is 271 g/mol. The smallest absolute Gasteiger partial charge is 0.204 e. The maximum absolute atomic E-state index is 11.9. The highest BCUT2D eigenvalue weighted by Gasteiger charge is 2.41. The lowest BCUT2D eigenvalue weighted by Gasteiger charge is -2.18. The fourth-order valence-electron chi connectivity index (χ4n) is 1.06. The summed E-state index contributed by atoms with van der Waals surface area (Å²) >= 11 is 11.5. The average Bonchev–Trinajstić information content (AvgIpc) is 2.14. The second-order valence-electron chi connectivity index (χ2n) is 3.53. The van der Waals surface area contributed by atoms with Crippen LogP contribution in [-0.2, 0) is 9.84 Å². The van der Waals surface area contributed by atoms with Crippen LogP contribution >= 0.6 is 23.2 Å². The molecule has 0 aliphatic heterocycles. The van der Waals surface area contributed by atoms with Gasteiger partial charge in [0.1, 0.15) is 0 Å². The van der Waals surface area contributed by atoms with Crippen molar-refractivity contribution in [1.29, 1.82) is 0 Å². The summed E-state index contributed by atoms with van der Waals surface area (Å²) in [6.07, 6.45) is 0.919. The molecule has 1 aromatic rings. The third kappa shape index (κ3) is 2.56. The van der Waals surface area contributed by atoms with Crippen molar-refractivity contribution < 1.29 is 13.2 Å². The van der Waals surface area contributed by atoms with Gasteiger partial charge in [-0.05, 0) is 19.1 Å². The molecule has 16 heavy (non-hydrogen) atoms. The van der Waals surface area contributed by atoms with E-state index in [1.54, 1.807) is 12.1 Å². The number of alkyl halides is 1.